The maximum Gasteiger partial charge on any atom is 0.266 e. The van der Waals surface area contributed by atoms with Gasteiger partial charge in [0, 0.05) is 16.8 Å². The molecule has 0 spiro atoms. The van der Waals surface area contributed by atoms with Gasteiger partial charge >= 0.3 is 0 Å². The maximum atomic E-state index is 12.5. The molecule has 0 amide bonds. The van der Waals surface area contributed by atoms with Crippen molar-refractivity contribution in [3.05, 3.63) is 80.6 Å². The number of aromatic amines is 1. The molecule has 1 heterocycles. The number of aromatic nitrogens is 1. The Kier molecular flexibility index (Phi) is 4.29. The fraction of sp³-hybridized carbons (Fsp3) is 0.182. The first-order valence-electron chi connectivity index (χ1n) is 8.23. The van der Waals surface area contributed by atoms with Gasteiger partial charge in [-0.25, -0.2) is 0 Å². The Morgan fingerprint density at radius 2 is 1.36 bits per heavy atom. The molecule has 0 aliphatic rings. The fourth-order valence-corrected chi connectivity index (χ4v) is 3.26. The smallest absolute Gasteiger partial charge is 0.266 e. The molecule has 0 atom stereocenters. The maximum absolute atomic E-state index is 12.5. The summed E-state index contributed by atoms with van der Waals surface area (Å²) in [5.41, 5.74) is 7.56. The minimum Gasteiger partial charge on any atom is -0.321 e. The van der Waals surface area contributed by atoms with Crippen LogP contribution in [0.4, 0.5) is 0 Å². The number of rotatable bonds is 2. The number of aryl methyl sites for hydroxylation is 4. The zero-order valence-electron chi connectivity index (χ0n) is 14.9. The lowest BCUT2D eigenvalue weighted by Gasteiger charge is -2.12. The first-order chi connectivity index (χ1) is 11.9. The predicted molar refractivity (Wildman–Crippen MR) is 102 cm³/mol. The van der Waals surface area contributed by atoms with Gasteiger partial charge in [0.1, 0.15) is 11.6 Å². The SMILES string of the molecule is Cc1ccc(-c2cc(-c3ccc(C)cc3C)c(C#N)c(=O)[nH]2)c(C)c1. The van der Waals surface area contributed by atoms with E-state index in [0.29, 0.717) is 5.56 Å². The molecular weight excluding hydrogens is 308 g/mol. The number of nitriles is 1. The monoisotopic (exact) mass is 328 g/mol. The summed E-state index contributed by atoms with van der Waals surface area (Å²) in [5, 5.41) is 9.49. The van der Waals surface area contributed by atoms with Crippen molar-refractivity contribution in [3.8, 4) is 28.5 Å². The molecule has 0 aliphatic carbocycles. The Bertz CT molecular complexity index is 1070. The van der Waals surface area contributed by atoms with Gasteiger partial charge in [0.15, 0.2) is 0 Å². The van der Waals surface area contributed by atoms with Crippen LogP contribution < -0.4 is 5.56 Å². The molecule has 25 heavy (non-hydrogen) atoms. The second kappa shape index (κ2) is 6.41. The molecular formula is C22H20N2O. The van der Waals surface area contributed by atoms with Crippen LogP contribution in [0.15, 0.2) is 47.3 Å². The molecule has 3 rings (SSSR count). The first-order valence-corrected chi connectivity index (χ1v) is 8.23. The van der Waals surface area contributed by atoms with Crippen molar-refractivity contribution < 1.29 is 0 Å². The third kappa shape index (κ3) is 3.12. The number of nitrogens with zero attached hydrogens (tertiary/aromatic N) is 1. The number of hydrogen-bond donors (Lipinski definition) is 1. The van der Waals surface area contributed by atoms with Crippen molar-refractivity contribution in [1.82, 2.24) is 4.98 Å². The molecule has 0 fully saturated rings. The molecule has 1 N–H and O–H groups in total. The summed E-state index contributed by atoms with van der Waals surface area (Å²) in [5.74, 6) is 0. The molecule has 3 aromatic rings. The summed E-state index contributed by atoms with van der Waals surface area (Å²) in [6, 6.07) is 16.1. The average molecular weight is 328 g/mol. The zero-order chi connectivity index (χ0) is 18.1. The average Bonchev–Trinajstić information content (AvgIpc) is 2.54. The Morgan fingerprint density at radius 1 is 0.800 bits per heavy atom. The van der Waals surface area contributed by atoms with Gasteiger partial charge in [-0.3, -0.25) is 4.79 Å². The summed E-state index contributed by atoms with van der Waals surface area (Å²) >= 11 is 0. The van der Waals surface area contributed by atoms with Crippen LogP contribution >= 0.6 is 0 Å². The van der Waals surface area contributed by atoms with Crippen LogP contribution in [0.2, 0.25) is 0 Å². The molecule has 0 bridgehead atoms. The van der Waals surface area contributed by atoms with Crippen molar-refractivity contribution in [2.75, 3.05) is 0 Å². The van der Waals surface area contributed by atoms with Gasteiger partial charge in [0.25, 0.3) is 5.56 Å². The van der Waals surface area contributed by atoms with E-state index in [-0.39, 0.29) is 11.1 Å². The second-order valence-electron chi connectivity index (χ2n) is 6.55. The minimum absolute atomic E-state index is 0.153. The van der Waals surface area contributed by atoms with Gasteiger partial charge in [-0.15, -0.1) is 0 Å². The van der Waals surface area contributed by atoms with E-state index in [1.165, 1.54) is 5.56 Å². The predicted octanol–water partition coefficient (Wildman–Crippen LogP) is 4.81. The largest absolute Gasteiger partial charge is 0.321 e. The number of H-pyrrole nitrogens is 1. The molecule has 0 unspecified atom stereocenters. The molecule has 0 aliphatic heterocycles. The van der Waals surface area contributed by atoms with Crippen molar-refractivity contribution >= 4 is 0 Å². The normalized spacial score (nSPS) is 10.5. The van der Waals surface area contributed by atoms with E-state index in [2.05, 4.69) is 23.2 Å². The van der Waals surface area contributed by atoms with Crippen LogP contribution in [0.3, 0.4) is 0 Å². The van der Waals surface area contributed by atoms with Crippen LogP contribution in [-0.4, -0.2) is 4.98 Å². The number of pyridine rings is 1. The first kappa shape index (κ1) is 16.7. The highest BCUT2D eigenvalue weighted by molar-refractivity contribution is 5.78. The number of hydrogen-bond acceptors (Lipinski definition) is 2. The van der Waals surface area contributed by atoms with Crippen LogP contribution in [0.25, 0.3) is 22.4 Å². The summed E-state index contributed by atoms with van der Waals surface area (Å²) in [4.78, 5) is 15.4. The van der Waals surface area contributed by atoms with Crippen molar-refractivity contribution in [2.45, 2.75) is 27.7 Å². The van der Waals surface area contributed by atoms with Crippen molar-refractivity contribution in [3.63, 3.8) is 0 Å². The van der Waals surface area contributed by atoms with E-state index in [1.54, 1.807) is 0 Å². The van der Waals surface area contributed by atoms with Gasteiger partial charge in [-0.05, 0) is 50.5 Å². The minimum atomic E-state index is -0.352. The molecule has 0 radical (unpaired) electrons. The van der Waals surface area contributed by atoms with Crippen LogP contribution in [0.1, 0.15) is 27.8 Å². The van der Waals surface area contributed by atoms with Gasteiger partial charge in [0.2, 0.25) is 0 Å². The second-order valence-corrected chi connectivity index (χ2v) is 6.55. The fourth-order valence-electron chi connectivity index (χ4n) is 3.26. The lowest BCUT2D eigenvalue weighted by molar-refractivity contribution is 1.21. The zero-order valence-corrected chi connectivity index (χ0v) is 14.9. The highest BCUT2D eigenvalue weighted by Gasteiger charge is 2.15. The number of nitrogens with one attached hydrogen (secondary N) is 1. The molecule has 1 aromatic heterocycles. The van der Waals surface area contributed by atoms with E-state index < -0.39 is 0 Å². The summed E-state index contributed by atoms with van der Waals surface area (Å²) in [6.45, 7) is 8.09. The third-order valence-electron chi connectivity index (χ3n) is 4.49. The van der Waals surface area contributed by atoms with Crippen LogP contribution in [0, 0.1) is 39.0 Å². The Morgan fingerprint density at radius 3 is 1.88 bits per heavy atom. The van der Waals surface area contributed by atoms with E-state index in [4.69, 9.17) is 0 Å². The quantitative estimate of drug-likeness (QED) is 0.733. The van der Waals surface area contributed by atoms with Gasteiger partial charge in [-0.1, -0.05) is 47.5 Å². The van der Waals surface area contributed by atoms with Crippen molar-refractivity contribution in [1.29, 1.82) is 5.26 Å². The number of benzene rings is 2. The molecule has 124 valence electrons. The summed E-state index contributed by atoms with van der Waals surface area (Å²) < 4.78 is 0. The van der Waals surface area contributed by atoms with Gasteiger partial charge < -0.3 is 4.98 Å². The lowest BCUT2D eigenvalue weighted by atomic mass is 9.93. The Labute approximate surface area is 147 Å². The molecule has 2 aromatic carbocycles. The van der Waals surface area contributed by atoms with E-state index in [0.717, 1.165) is 33.5 Å². The third-order valence-corrected chi connectivity index (χ3v) is 4.49. The van der Waals surface area contributed by atoms with E-state index >= 15 is 0 Å². The van der Waals surface area contributed by atoms with Gasteiger partial charge in [-0.2, -0.15) is 5.26 Å². The Hall–Kier alpha value is -3.12. The highest BCUT2D eigenvalue weighted by atomic mass is 16.1. The summed E-state index contributed by atoms with van der Waals surface area (Å²) in [6.07, 6.45) is 0. The molecule has 3 nitrogen and oxygen atoms in total. The molecule has 0 saturated carbocycles. The van der Waals surface area contributed by atoms with Crippen LogP contribution in [0.5, 0.6) is 0 Å². The van der Waals surface area contributed by atoms with Crippen LogP contribution in [-0.2, 0) is 0 Å². The lowest BCUT2D eigenvalue weighted by Crippen LogP contribution is -2.13. The van der Waals surface area contributed by atoms with Crippen molar-refractivity contribution in [2.24, 2.45) is 0 Å². The topological polar surface area (TPSA) is 56.6 Å². The summed E-state index contributed by atoms with van der Waals surface area (Å²) in [7, 11) is 0. The van der Waals surface area contributed by atoms with E-state index in [1.807, 2.05) is 58.0 Å². The van der Waals surface area contributed by atoms with Gasteiger partial charge in [0.05, 0.1) is 0 Å². The Balaban J connectivity index is 2.30. The molecule has 0 saturated heterocycles. The standard InChI is InChI=1S/C22H20N2O/c1-13-5-7-17(15(3)9-13)19-11-21(24-22(25)20(19)12-23)18-8-6-14(2)10-16(18)4/h5-11H,1-4H3,(H,24,25). The molecule has 3 heteroatoms. The highest BCUT2D eigenvalue weighted by Crippen LogP contribution is 2.30. The van der Waals surface area contributed by atoms with E-state index in [9.17, 15) is 10.1 Å².